The number of hydrogen-bond donors (Lipinski definition) is 1. The Morgan fingerprint density at radius 2 is 2.11 bits per heavy atom. The van der Waals surface area contributed by atoms with Gasteiger partial charge in [0.2, 0.25) is 0 Å². The molecule has 1 aromatic rings. The average Bonchev–Trinajstić information content (AvgIpc) is 2.63. The van der Waals surface area contributed by atoms with Crippen LogP contribution in [0.5, 0.6) is 0 Å². The molecule has 0 aromatic heterocycles. The van der Waals surface area contributed by atoms with Crippen LogP contribution in [0.3, 0.4) is 0 Å². The van der Waals surface area contributed by atoms with E-state index in [2.05, 4.69) is 48.3 Å². The van der Waals surface area contributed by atoms with Crippen molar-refractivity contribution < 1.29 is 0 Å². The molecule has 2 nitrogen and oxygen atoms in total. The van der Waals surface area contributed by atoms with Crippen LogP contribution in [0.2, 0.25) is 0 Å². The van der Waals surface area contributed by atoms with E-state index in [1.54, 1.807) is 0 Å². The molecule has 18 heavy (non-hydrogen) atoms. The van der Waals surface area contributed by atoms with E-state index >= 15 is 0 Å². The molecule has 0 aliphatic carbocycles. The van der Waals surface area contributed by atoms with E-state index in [9.17, 15) is 0 Å². The number of rotatable bonds is 4. The SMILES string of the molecule is CCC1CCN(CCc2ccccc2C)CCN1. The van der Waals surface area contributed by atoms with E-state index in [1.807, 2.05) is 0 Å². The first-order valence-corrected chi connectivity index (χ1v) is 7.30. The molecule has 1 aliphatic rings. The highest BCUT2D eigenvalue weighted by molar-refractivity contribution is 5.25. The molecule has 0 radical (unpaired) electrons. The zero-order valence-corrected chi connectivity index (χ0v) is 11.8. The van der Waals surface area contributed by atoms with Crippen LogP contribution < -0.4 is 5.32 Å². The Hall–Kier alpha value is -0.860. The minimum atomic E-state index is 0.730. The summed E-state index contributed by atoms with van der Waals surface area (Å²) < 4.78 is 0. The third-order valence-electron chi connectivity index (χ3n) is 4.11. The molecular formula is C16H26N2. The molecule has 100 valence electrons. The molecule has 0 bridgehead atoms. The normalized spacial score (nSPS) is 21.8. The van der Waals surface area contributed by atoms with Crippen molar-refractivity contribution in [3.63, 3.8) is 0 Å². The van der Waals surface area contributed by atoms with Crippen LogP contribution in [-0.4, -0.2) is 37.1 Å². The Morgan fingerprint density at radius 1 is 1.28 bits per heavy atom. The summed E-state index contributed by atoms with van der Waals surface area (Å²) in [7, 11) is 0. The van der Waals surface area contributed by atoms with Gasteiger partial charge in [0.1, 0.15) is 0 Å². The second-order valence-electron chi connectivity index (χ2n) is 5.37. The summed E-state index contributed by atoms with van der Waals surface area (Å²) in [6.45, 7) is 9.28. The predicted octanol–water partition coefficient (Wildman–Crippen LogP) is 2.61. The lowest BCUT2D eigenvalue weighted by Gasteiger charge is -2.20. The maximum atomic E-state index is 3.63. The molecule has 1 fully saturated rings. The van der Waals surface area contributed by atoms with Crippen molar-refractivity contribution in [2.45, 2.75) is 39.2 Å². The van der Waals surface area contributed by atoms with Gasteiger partial charge in [-0.25, -0.2) is 0 Å². The van der Waals surface area contributed by atoms with E-state index < -0.39 is 0 Å². The predicted molar refractivity (Wildman–Crippen MR) is 78.0 cm³/mol. The molecule has 1 aliphatic heterocycles. The minimum absolute atomic E-state index is 0.730. The van der Waals surface area contributed by atoms with Gasteiger partial charge < -0.3 is 10.2 Å². The lowest BCUT2D eigenvalue weighted by molar-refractivity contribution is 0.293. The van der Waals surface area contributed by atoms with E-state index in [1.165, 1.54) is 50.0 Å². The fourth-order valence-corrected chi connectivity index (χ4v) is 2.72. The summed E-state index contributed by atoms with van der Waals surface area (Å²) >= 11 is 0. The molecule has 2 rings (SSSR count). The maximum absolute atomic E-state index is 3.63. The monoisotopic (exact) mass is 246 g/mol. The summed E-state index contributed by atoms with van der Waals surface area (Å²) in [5.74, 6) is 0. The summed E-state index contributed by atoms with van der Waals surface area (Å²) in [6, 6.07) is 9.49. The third kappa shape index (κ3) is 3.82. The third-order valence-corrected chi connectivity index (χ3v) is 4.11. The average molecular weight is 246 g/mol. The Kier molecular flexibility index (Phi) is 5.21. The summed E-state index contributed by atoms with van der Waals surface area (Å²) in [5.41, 5.74) is 2.93. The van der Waals surface area contributed by atoms with Crippen LogP contribution >= 0.6 is 0 Å². The first-order valence-electron chi connectivity index (χ1n) is 7.30. The maximum Gasteiger partial charge on any atom is 0.0107 e. The van der Waals surface area contributed by atoms with Crippen molar-refractivity contribution >= 4 is 0 Å². The van der Waals surface area contributed by atoms with Gasteiger partial charge in [0.15, 0.2) is 0 Å². The van der Waals surface area contributed by atoms with E-state index in [0.29, 0.717) is 0 Å². The van der Waals surface area contributed by atoms with Gasteiger partial charge in [-0.15, -0.1) is 0 Å². The minimum Gasteiger partial charge on any atom is -0.313 e. The largest absolute Gasteiger partial charge is 0.313 e. The van der Waals surface area contributed by atoms with Crippen molar-refractivity contribution in [2.75, 3.05) is 26.2 Å². The smallest absolute Gasteiger partial charge is 0.0107 e. The fraction of sp³-hybridized carbons (Fsp3) is 0.625. The topological polar surface area (TPSA) is 15.3 Å². The second-order valence-corrected chi connectivity index (χ2v) is 5.37. The van der Waals surface area contributed by atoms with Crippen LogP contribution in [0.25, 0.3) is 0 Å². The molecule has 2 heteroatoms. The Morgan fingerprint density at radius 3 is 2.89 bits per heavy atom. The highest BCUT2D eigenvalue weighted by Crippen LogP contribution is 2.10. The van der Waals surface area contributed by atoms with E-state index in [0.717, 1.165) is 12.6 Å². The van der Waals surface area contributed by atoms with Gasteiger partial charge in [-0.2, -0.15) is 0 Å². The molecule has 0 saturated carbocycles. The molecule has 1 atom stereocenters. The highest BCUT2D eigenvalue weighted by Gasteiger charge is 2.14. The Bertz CT molecular complexity index is 362. The molecule has 1 aromatic carbocycles. The molecule has 0 spiro atoms. The zero-order valence-electron chi connectivity index (χ0n) is 11.8. The molecule has 1 heterocycles. The Balaban J connectivity index is 1.82. The molecular weight excluding hydrogens is 220 g/mol. The standard InChI is InChI=1S/C16H26N2/c1-3-16-9-12-18(13-10-17-16)11-8-15-7-5-4-6-14(15)2/h4-7,16-17H,3,8-13H2,1-2H3. The molecule has 1 unspecified atom stereocenters. The van der Waals surface area contributed by atoms with Crippen LogP contribution in [0.4, 0.5) is 0 Å². The number of aryl methyl sites for hydroxylation is 1. The number of hydrogen-bond acceptors (Lipinski definition) is 2. The van der Waals surface area contributed by atoms with E-state index in [4.69, 9.17) is 0 Å². The number of nitrogens with one attached hydrogen (secondary N) is 1. The second kappa shape index (κ2) is 6.91. The van der Waals surface area contributed by atoms with Gasteiger partial charge in [0.05, 0.1) is 0 Å². The van der Waals surface area contributed by atoms with E-state index in [-0.39, 0.29) is 0 Å². The fourth-order valence-electron chi connectivity index (χ4n) is 2.72. The van der Waals surface area contributed by atoms with Gasteiger partial charge in [-0.3, -0.25) is 0 Å². The molecule has 0 amide bonds. The number of benzene rings is 1. The van der Waals surface area contributed by atoms with Gasteiger partial charge >= 0.3 is 0 Å². The van der Waals surface area contributed by atoms with Crippen molar-refractivity contribution in [3.8, 4) is 0 Å². The summed E-state index contributed by atoms with van der Waals surface area (Å²) in [5, 5.41) is 3.63. The van der Waals surface area contributed by atoms with Crippen LogP contribution in [-0.2, 0) is 6.42 Å². The first kappa shape index (κ1) is 13.6. The van der Waals surface area contributed by atoms with Crippen molar-refractivity contribution in [2.24, 2.45) is 0 Å². The zero-order chi connectivity index (χ0) is 12.8. The van der Waals surface area contributed by atoms with Gasteiger partial charge in [-0.05, 0) is 43.9 Å². The Labute approximate surface area is 111 Å². The van der Waals surface area contributed by atoms with Crippen LogP contribution in [0.1, 0.15) is 30.9 Å². The van der Waals surface area contributed by atoms with Gasteiger partial charge in [-0.1, -0.05) is 31.2 Å². The lowest BCUT2D eigenvalue weighted by Crippen LogP contribution is -2.31. The number of nitrogens with zero attached hydrogens (tertiary/aromatic N) is 1. The summed E-state index contributed by atoms with van der Waals surface area (Å²) in [4.78, 5) is 2.61. The van der Waals surface area contributed by atoms with Crippen molar-refractivity contribution in [1.29, 1.82) is 0 Å². The quantitative estimate of drug-likeness (QED) is 0.878. The lowest BCUT2D eigenvalue weighted by atomic mass is 10.1. The highest BCUT2D eigenvalue weighted by atomic mass is 15.2. The van der Waals surface area contributed by atoms with Gasteiger partial charge in [0.25, 0.3) is 0 Å². The van der Waals surface area contributed by atoms with Crippen molar-refractivity contribution in [3.05, 3.63) is 35.4 Å². The van der Waals surface area contributed by atoms with Crippen molar-refractivity contribution in [1.82, 2.24) is 10.2 Å². The molecule has 1 saturated heterocycles. The first-order chi connectivity index (χ1) is 8.79. The van der Waals surface area contributed by atoms with Crippen LogP contribution in [0, 0.1) is 6.92 Å². The van der Waals surface area contributed by atoms with Gasteiger partial charge in [0, 0.05) is 25.7 Å². The van der Waals surface area contributed by atoms with Crippen LogP contribution in [0.15, 0.2) is 24.3 Å². The summed E-state index contributed by atoms with van der Waals surface area (Å²) in [6.07, 6.45) is 3.74. The molecule has 1 N–H and O–H groups in total.